The lowest BCUT2D eigenvalue weighted by atomic mass is 10.1. The van der Waals surface area contributed by atoms with Gasteiger partial charge in [0, 0.05) is 16.1 Å². The highest BCUT2D eigenvalue weighted by Crippen LogP contribution is 2.25. The summed E-state index contributed by atoms with van der Waals surface area (Å²) in [6, 6.07) is 5.89. The van der Waals surface area contributed by atoms with Crippen LogP contribution in [0.1, 0.15) is 32.4 Å². The monoisotopic (exact) mass is 245 g/mol. The van der Waals surface area contributed by atoms with E-state index in [4.69, 9.17) is 23.2 Å². The maximum Gasteiger partial charge on any atom is 0.0468 e. The molecule has 84 valence electrons. The first-order valence-corrected chi connectivity index (χ1v) is 5.94. The van der Waals surface area contributed by atoms with E-state index in [1.54, 1.807) is 6.07 Å². The molecule has 0 radical (unpaired) electrons. The maximum atomic E-state index is 6.12. The molecular formula is C12H17Cl2N. The van der Waals surface area contributed by atoms with Crippen molar-refractivity contribution in [1.29, 1.82) is 0 Å². The third-order valence-electron chi connectivity index (χ3n) is 2.26. The minimum Gasteiger partial charge on any atom is -0.310 e. The Hall–Kier alpha value is -0.240. The van der Waals surface area contributed by atoms with E-state index < -0.39 is 0 Å². The van der Waals surface area contributed by atoms with Crippen LogP contribution >= 0.6 is 23.2 Å². The van der Waals surface area contributed by atoms with Gasteiger partial charge >= 0.3 is 0 Å². The fourth-order valence-corrected chi connectivity index (χ4v) is 1.95. The highest BCUT2D eigenvalue weighted by Gasteiger charge is 2.09. The van der Waals surface area contributed by atoms with E-state index in [9.17, 15) is 0 Å². The molecule has 0 amide bonds. The molecule has 0 saturated carbocycles. The van der Waals surface area contributed by atoms with E-state index in [1.165, 1.54) is 0 Å². The SMILES string of the molecule is CC(C)CNC(C)c1ccc(Cl)cc1Cl. The van der Waals surface area contributed by atoms with Crippen molar-refractivity contribution < 1.29 is 0 Å². The Labute approximate surface area is 102 Å². The Bertz CT molecular complexity index is 323. The van der Waals surface area contributed by atoms with Crippen molar-refractivity contribution >= 4 is 23.2 Å². The van der Waals surface area contributed by atoms with Crippen LogP contribution in [0.15, 0.2) is 18.2 Å². The second kappa shape index (κ2) is 5.74. The Balaban J connectivity index is 2.69. The summed E-state index contributed by atoms with van der Waals surface area (Å²) in [7, 11) is 0. The lowest BCUT2D eigenvalue weighted by Crippen LogP contribution is -2.23. The molecule has 1 aromatic rings. The van der Waals surface area contributed by atoms with Crippen LogP contribution in [0.4, 0.5) is 0 Å². The predicted octanol–water partition coefficient (Wildman–Crippen LogP) is 4.30. The summed E-state index contributed by atoms with van der Waals surface area (Å²) in [6.07, 6.45) is 0. The van der Waals surface area contributed by atoms with Gasteiger partial charge in [-0.25, -0.2) is 0 Å². The van der Waals surface area contributed by atoms with Crippen molar-refractivity contribution in [3.63, 3.8) is 0 Å². The minimum atomic E-state index is 0.261. The quantitative estimate of drug-likeness (QED) is 0.835. The summed E-state index contributed by atoms with van der Waals surface area (Å²) in [4.78, 5) is 0. The highest BCUT2D eigenvalue weighted by molar-refractivity contribution is 6.35. The summed E-state index contributed by atoms with van der Waals surface area (Å²) in [5, 5.41) is 4.84. The smallest absolute Gasteiger partial charge is 0.0468 e. The molecule has 1 N–H and O–H groups in total. The summed E-state index contributed by atoms with van der Waals surface area (Å²) in [6.45, 7) is 7.46. The van der Waals surface area contributed by atoms with Crippen molar-refractivity contribution in [2.24, 2.45) is 5.92 Å². The summed E-state index contributed by atoms with van der Waals surface area (Å²) in [5.74, 6) is 0.638. The third-order valence-corrected chi connectivity index (χ3v) is 2.82. The van der Waals surface area contributed by atoms with E-state index in [2.05, 4.69) is 26.1 Å². The zero-order valence-electron chi connectivity index (χ0n) is 9.35. The predicted molar refractivity (Wildman–Crippen MR) is 67.7 cm³/mol. The van der Waals surface area contributed by atoms with E-state index in [0.717, 1.165) is 17.1 Å². The molecule has 0 spiro atoms. The maximum absolute atomic E-state index is 6.12. The van der Waals surface area contributed by atoms with Crippen molar-refractivity contribution in [3.8, 4) is 0 Å². The Kier molecular flexibility index (Phi) is 4.91. The zero-order valence-corrected chi connectivity index (χ0v) is 10.9. The van der Waals surface area contributed by atoms with Gasteiger partial charge in [0.25, 0.3) is 0 Å². The van der Waals surface area contributed by atoms with Gasteiger partial charge in [0.1, 0.15) is 0 Å². The molecule has 0 fully saturated rings. The molecule has 0 aromatic heterocycles. The van der Waals surface area contributed by atoms with Crippen LogP contribution < -0.4 is 5.32 Å². The van der Waals surface area contributed by atoms with E-state index in [0.29, 0.717) is 10.9 Å². The van der Waals surface area contributed by atoms with Crippen molar-refractivity contribution in [2.45, 2.75) is 26.8 Å². The second-order valence-electron chi connectivity index (χ2n) is 4.19. The van der Waals surface area contributed by atoms with Gasteiger partial charge < -0.3 is 5.32 Å². The molecule has 0 aliphatic carbocycles. The van der Waals surface area contributed by atoms with Gasteiger partial charge in [0.05, 0.1) is 0 Å². The zero-order chi connectivity index (χ0) is 11.4. The Morgan fingerprint density at radius 2 is 1.87 bits per heavy atom. The molecule has 1 rings (SSSR count). The van der Waals surface area contributed by atoms with Gasteiger partial charge in [0.2, 0.25) is 0 Å². The van der Waals surface area contributed by atoms with Crippen molar-refractivity contribution in [1.82, 2.24) is 5.32 Å². The minimum absolute atomic E-state index is 0.261. The molecule has 1 aromatic carbocycles. The number of halogens is 2. The number of nitrogens with one attached hydrogen (secondary N) is 1. The highest BCUT2D eigenvalue weighted by atomic mass is 35.5. The fraction of sp³-hybridized carbons (Fsp3) is 0.500. The fourth-order valence-electron chi connectivity index (χ4n) is 1.38. The number of hydrogen-bond acceptors (Lipinski definition) is 1. The summed E-state index contributed by atoms with van der Waals surface area (Å²) < 4.78 is 0. The van der Waals surface area contributed by atoms with Gasteiger partial charge in [-0.15, -0.1) is 0 Å². The molecule has 15 heavy (non-hydrogen) atoms. The van der Waals surface area contributed by atoms with Crippen molar-refractivity contribution in [3.05, 3.63) is 33.8 Å². The lowest BCUT2D eigenvalue weighted by molar-refractivity contribution is 0.496. The van der Waals surface area contributed by atoms with Crippen LogP contribution in [-0.2, 0) is 0 Å². The molecule has 1 unspecified atom stereocenters. The summed E-state index contributed by atoms with van der Waals surface area (Å²) >= 11 is 12.0. The van der Waals surface area contributed by atoms with Gasteiger partial charge in [0.15, 0.2) is 0 Å². The third kappa shape index (κ3) is 4.02. The molecule has 1 nitrogen and oxygen atoms in total. The first kappa shape index (κ1) is 12.8. The topological polar surface area (TPSA) is 12.0 Å². The van der Waals surface area contributed by atoms with Gasteiger partial charge in [-0.3, -0.25) is 0 Å². The Morgan fingerprint density at radius 1 is 1.20 bits per heavy atom. The van der Waals surface area contributed by atoms with E-state index >= 15 is 0 Å². The first-order valence-electron chi connectivity index (χ1n) is 5.19. The van der Waals surface area contributed by atoms with Crippen LogP contribution in [0.25, 0.3) is 0 Å². The molecular weight excluding hydrogens is 229 g/mol. The van der Waals surface area contributed by atoms with Crippen LogP contribution in [0, 0.1) is 5.92 Å². The number of benzene rings is 1. The molecule has 3 heteroatoms. The number of hydrogen-bond donors (Lipinski definition) is 1. The van der Waals surface area contributed by atoms with Gasteiger partial charge in [-0.05, 0) is 37.1 Å². The average Bonchev–Trinajstić information content (AvgIpc) is 2.14. The Morgan fingerprint density at radius 3 is 2.40 bits per heavy atom. The van der Waals surface area contributed by atoms with E-state index in [1.807, 2.05) is 12.1 Å². The average molecular weight is 246 g/mol. The lowest BCUT2D eigenvalue weighted by Gasteiger charge is -2.17. The molecule has 0 aliphatic rings. The van der Waals surface area contributed by atoms with Crippen LogP contribution in [0.2, 0.25) is 10.0 Å². The van der Waals surface area contributed by atoms with Crippen LogP contribution in [-0.4, -0.2) is 6.54 Å². The van der Waals surface area contributed by atoms with Gasteiger partial charge in [-0.1, -0.05) is 43.1 Å². The number of rotatable bonds is 4. The van der Waals surface area contributed by atoms with Gasteiger partial charge in [-0.2, -0.15) is 0 Å². The van der Waals surface area contributed by atoms with Crippen LogP contribution in [0.5, 0.6) is 0 Å². The molecule has 0 aliphatic heterocycles. The van der Waals surface area contributed by atoms with Crippen LogP contribution in [0.3, 0.4) is 0 Å². The van der Waals surface area contributed by atoms with Crippen molar-refractivity contribution in [2.75, 3.05) is 6.54 Å². The molecule has 0 saturated heterocycles. The molecule has 1 atom stereocenters. The summed E-state index contributed by atoms with van der Waals surface area (Å²) in [5.41, 5.74) is 1.10. The normalized spacial score (nSPS) is 13.2. The molecule has 0 bridgehead atoms. The second-order valence-corrected chi connectivity index (χ2v) is 5.03. The largest absolute Gasteiger partial charge is 0.310 e. The standard InChI is InChI=1S/C12H17Cl2N/c1-8(2)7-15-9(3)11-5-4-10(13)6-12(11)14/h4-6,8-9,15H,7H2,1-3H3. The van der Waals surface area contributed by atoms with E-state index in [-0.39, 0.29) is 6.04 Å². The first-order chi connectivity index (χ1) is 7.00. The molecule has 0 heterocycles.